The van der Waals surface area contributed by atoms with E-state index >= 15 is 0 Å². The van der Waals surface area contributed by atoms with Gasteiger partial charge in [0.15, 0.2) is 0 Å². The van der Waals surface area contributed by atoms with E-state index in [2.05, 4.69) is 46.1 Å². The van der Waals surface area contributed by atoms with Gasteiger partial charge in [-0.3, -0.25) is 0 Å². The van der Waals surface area contributed by atoms with Gasteiger partial charge in [0.25, 0.3) is 0 Å². The SMILES string of the molecule is Cc1cccc2c1nc(N)n2Cc1cccs1. The summed E-state index contributed by atoms with van der Waals surface area (Å²) < 4.78 is 2.06. The molecule has 2 heterocycles. The van der Waals surface area contributed by atoms with Crippen LogP contribution in [0.3, 0.4) is 0 Å². The van der Waals surface area contributed by atoms with Crippen molar-refractivity contribution in [2.75, 3.05) is 5.73 Å². The molecule has 3 aromatic rings. The number of aromatic nitrogens is 2. The average molecular weight is 243 g/mol. The predicted octanol–water partition coefficient (Wildman–Crippen LogP) is 3.04. The molecule has 0 aliphatic rings. The van der Waals surface area contributed by atoms with Crippen LogP contribution in [-0.2, 0) is 6.54 Å². The quantitative estimate of drug-likeness (QED) is 0.751. The summed E-state index contributed by atoms with van der Waals surface area (Å²) in [4.78, 5) is 5.73. The topological polar surface area (TPSA) is 43.8 Å². The van der Waals surface area contributed by atoms with Gasteiger partial charge < -0.3 is 10.3 Å². The van der Waals surface area contributed by atoms with Gasteiger partial charge in [-0.15, -0.1) is 11.3 Å². The molecule has 2 N–H and O–H groups in total. The van der Waals surface area contributed by atoms with Crippen LogP contribution in [-0.4, -0.2) is 9.55 Å². The molecule has 3 nitrogen and oxygen atoms in total. The smallest absolute Gasteiger partial charge is 0.201 e. The van der Waals surface area contributed by atoms with Crippen LogP contribution < -0.4 is 5.73 Å². The molecule has 0 saturated carbocycles. The second-order valence-corrected chi connectivity index (χ2v) is 5.11. The molecule has 1 aromatic carbocycles. The van der Waals surface area contributed by atoms with Gasteiger partial charge in [0, 0.05) is 4.88 Å². The van der Waals surface area contributed by atoms with E-state index in [9.17, 15) is 0 Å². The number of fused-ring (bicyclic) bond motifs is 1. The van der Waals surface area contributed by atoms with Gasteiger partial charge in [0.1, 0.15) is 0 Å². The lowest BCUT2D eigenvalue weighted by Crippen LogP contribution is -2.03. The lowest BCUT2D eigenvalue weighted by molar-refractivity contribution is 0.853. The van der Waals surface area contributed by atoms with Gasteiger partial charge in [-0.1, -0.05) is 18.2 Å². The zero-order chi connectivity index (χ0) is 11.8. The number of thiophene rings is 1. The number of hydrogen-bond acceptors (Lipinski definition) is 3. The van der Waals surface area contributed by atoms with Crippen molar-refractivity contribution in [3.63, 3.8) is 0 Å². The summed E-state index contributed by atoms with van der Waals surface area (Å²) in [7, 11) is 0. The van der Waals surface area contributed by atoms with Crippen LogP contribution in [0.15, 0.2) is 35.7 Å². The maximum Gasteiger partial charge on any atom is 0.201 e. The molecule has 17 heavy (non-hydrogen) atoms. The van der Waals surface area contributed by atoms with Crippen LogP contribution >= 0.6 is 11.3 Å². The van der Waals surface area contributed by atoms with Gasteiger partial charge in [0.05, 0.1) is 17.6 Å². The summed E-state index contributed by atoms with van der Waals surface area (Å²) >= 11 is 1.74. The number of nitrogen functional groups attached to an aromatic ring is 1. The number of nitrogens with zero attached hydrogens (tertiary/aromatic N) is 2. The summed E-state index contributed by atoms with van der Waals surface area (Å²) in [6.07, 6.45) is 0. The van der Waals surface area contributed by atoms with E-state index in [-0.39, 0.29) is 0 Å². The monoisotopic (exact) mass is 243 g/mol. The third kappa shape index (κ3) is 1.70. The first-order chi connectivity index (χ1) is 8.25. The molecular weight excluding hydrogens is 230 g/mol. The zero-order valence-corrected chi connectivity index (χ0v) is 10.4. The summed E-state index contributed by atoms with van der Waals surface area (Å²) in [6.45, 7) is 2.85. The van der Waals surface area contributed by atoms with Gasteiger partial charge in [-0.05, 0) is 30.0 Å². The maximum atomic E-state index is 6.00. The van der Waals surface area contributed by atoms with E-state index in [1.54, 1.807) is 11.3 Å². The van der Waals surface area contributed by atoms with Crippen molar-refractivity contribution in [3.8, 4) is 0 Å². The van der Waals surface area contributed by atoms with E-state index < -0.39 is 0 Å². The fourth-order valence-electron chi connectivity index (χ4n) is 2.03. The highest BCUT2D eigenvalue weighted by Crippen LogP contribution is 2.23. The second kappa shape index (κ2) is 3.89. The maximum absolute atomic E-state index is 6.00. The van der Waals surface area contributed by atoms with Crippen molar-refractivity contribution in [1.29, 1.82) is 0 Å². The Morgan fingerprint density at radius 1 is 1.29 bits per heavy atom. The fourth-order valence-corrected chi connectivity index (χ4v) is 2.72. The second-order valence-electron chi connectivity index (χ2n) is 4.08. The van der Waals surface area contributed by atoms with Gasteiger partial charge >= 0.3 is 0 Å². The number of aryl methyl sites for hydroxylation is 1. The first-order valence-electron chi connectivity index (χ1n) is 5.49. The Bertz CT molecular complexity index is 653. The first kappa shape index (κ1) is 10.4. The largest absolute Gasteiger partial charge is 0.369 e. The fraction of sp³-hybridized carbons (Fsp3) is 0.154. The van der Waals surface area contributed by atoms with E-state index in [4.69, 9.17) is 5.73 Å². The van der Waals surface area contributed by atoms with Crippen LogP contribution in [0.2, 0.25) is 0 Å². The minimum Gasteiger partial charge on any atom is -0.369 e. The molecule has 3 rings (SSSR count). The lowest BCUT2D eigenvalue weighted by atomic mass is 10.2. The number of anilines is 1. The Morgan fingerprint density at radius 2 is 2.18 bits per heavy atom. The lowest BCUT2D eigenvalue weighted by Gasteiger charge is -2.04. The number of hydrogen-bond donors (Lipinski definition) is 1. The number of nitrogens with two attached hydrogens (primary N) is 1. The molecule has 0 unspecified atom stereocenters. The summed E-state index contributed by atoms with van der Waals surface area (Å²) in [6, 6.07) is 10.3. The van der Waals surface area contributed by atoms with E-state index in [1.165, 1.54) is 10.4 Å². The first-order valence-corrected chi connectivity index (χ1v) is 6.37. The summed E-state index contributed by atoms with van der Waals surface area (Å²) in [5.74, 6) is 0.586. The number of imidazole rings is 1. The molecule has 0 spiro atoms. The van der Waals surface area contributed by atoms with Crippen molar-refractivity contribution in [3.05, 3.63) is 46.2 Å². The highest BCUT2D eigenvalue weighted by molar-refractivity contribution is 7.09. The molecule has 86 valence electrons. The van der Waals surface area contributed by atoms with E-state index in [1.807, 2.05) is 6.07 Å². The highest BCUT2D eigenvalue weighted by atomic mass is 32.1. The van der Waals surface area contributed by atoms with Crippen LogP contribution in [0.4, 0.5) is 5.95 Å². The van der Waals surface area contributed by atoms with Crippen LogP contribution in [0, 0.1) is 6.92 Å². The minimum absolute atomic E-state index is 0.586. The molecule has 0 aliphatic carbocycles. The van der Waals surface area contributed by atoms with Crippen molar-refractivity contribution < 1.29 is 0 Å². The Balaban J connectivity index is 2.16. The Hall–Kier alpha value is -1.81. The molecule has 0 radical (unpaired) electrons. The number of rotatable bonds is 2. The molecule has 4 heteroatoms. The summed E-state index contributed by atoms with van der Waals surface area (Å²) in [5, 5.41) is 2.08. The average Bonchev–Trinajstić information content (AvgIpc) is 2.91. The third-order valence-electron chi connectivity index (χ3n) is 2.90. The molecule has 0 bridgehead atoms. The predicted molar refractivity (Wildman–Crippen MR) is 72.3 cm³/mol. The van der Waals surface area contributed by atoms with Crippen molar-refractivity contribution in [2.24, 2.45) is 0 Å². The Kier molecular flexibility index (Phi) is 2.37. The molecule has 0 aliphatic heterocycles. The van der Waals surface area contributed by atoms with Gasteiger partial charge in [0.2, 0.25) is 5.95 Å². The van der Waals surface area contributed by atoms with Crippen molar-refractivity contribution in [1.82, 2.24) is 9.55 Å². The highest BCUT2D eigenvalue weighted by Gasteiger charge is 2.10. The molecule has 0 fully saturated rings. The van der Waals surface area contributed by atoms with Crippen LogP contribution in [0.1, 0.15) is 10.4 Å². The molecule has 0 atom stereocenters. The van der Waals surface area contributed by atoms with Gasteiger partial charge in [-0.2, -0.15) is 0 Å². The van der Waals surface area contributed by atoms with E-state index in [0.717, 1.165) is 17.6 Å². The van der Waals surface area contributed by atoms with Crippen molar-refractivity contribution >= 4 is 28.3 Å². The normalized spacial score (nSPS) is 11.1. The standard InChI is InChI=1S/C13H13N3S/c1-9-4-2-6-11-12(9)15-13(14)16(11)8-10-5-3-7-17-10/h2-7H,8H2,1H3,(H2,14,15). The number of para-hydroxylation sites is 1. The summed E-state index contributed by atoms with van der Waals surface area (Å²) in [5.41, 5.74) is 9.27. The van der Waals surface area contributed by atoms with Crippen LogP contribution in [0.5, 0.6) is 0 Å². The number of benzene rings is 1. The minimum atomic E-state index is 0.586. The zero-order valence-electron chi connectivity index (χ0n) is 9.55. The molecular formula is C13H13N3S. The molecule has 2 aromatic heterocycles. The van der Waals surface area contributed by atoms with Gasteiger partial charge in [-0.25, -0.2) is 4.98 Å². The van der Waals surface area contributed by atoms with Crippen LogP contribution in [0.25, 0.3) is 11.0 Å². The van der Waals surface area contributed by atoms with E-state index in [0.29, 0.717) is 5.95 Å². The molecule has 0 amide bonds. The third-order valence-corrected chi connectivity index (χ3v) is 3.77. The van der Waals surface area contributed by atoms with Crippen molar-refractivity contribution in [2.45, 2.75) is 13.5 Å². The Morgan fingerprint density at radius 3 is 2.94 bits per heavy atom. The molecule has 0 saturated heterocycles. The Labute approximate surface area is 104 Å².